The van der Waals surface area contributed by atoms with E-state index in [-0.39, 0.29) is 48.5 Å². The van der Waals surface area contributed by atoms with Gasteiger partial charge in [-0.1, -0.05) is 11.6 Å². The van der Waals surface area contributed by atoms with Gasteiger partial charge in [-0.05, 0) is 6.07 Å². The second-order valence-corrected chi connectivity index (χ2v) is 7.69. The number of rotatable bonds is 12. The van der Waals surface area contributed by atoms with Crippen molar-refractivity contribution in [2.45, 2.75) is 13.8 Å². The molecular formula is C21H23ClN6O9. The normalized spacial score (nSPS) is 10.7. The Hall–Kier alpha value is -4.37. The molecule has 2 N–H and O–H groups in total. The van der Waals surface area contributed by atoms with Crippen molar-refractivity contribution in [3.8, 4) is 5.75 Å². The first kappa shape index (κ1) is 28.9. The molecule has 0 saturated heterocycles. The highest BCUT2D eigenvalue weighted by Crippen LogP contribution is 2.42. The molecule has 16 heteroatoms. The molecule has 1 amide bonds. The van der Waals surface area contributed by atoms with E-state index in [4.69, 9.17) is 21.1 Å². The number of hydrogen-bond acceptors (Lipinski definition) is 12. The van der Waals surface area contributed by atoms with E-state index in [9.17, 15) is 34.9 Å². The van der Waals surface area contributed by atoms with Crippen LogP contribution in [0.25, 0.3) is 0 Å². The minimum atomic E-state index is -0.887. The van der Waals surface area contributed by atoms with Crippen molar-refractivity contribution in [2.24, 2.45) is 10.2 Å². The van der Waals surface area contributed by atoms with Gasteiger partial charge in [-0.15, -0.1) is 10.2 Å². The molecule has 198 valence electrons. The van der Waals surface area contributed by atoms with Crippen LogP contribution in [0.2, 0.25) is 5.02 Å². The summed E-state index contributed by atoms with van der Waals surface area (Å²) in [4.78, 5) is 45.4. The Kier molecular flexibility index (Phi) is 10.2. The summed E-state index contributed by atoms with van der Waals surface area (Å²) in [6.07, 6.45) is 0. The second-order valence-electron chi connectivity index (χ2n) is 7.28. The van der Waals surface area contributed by atoms with E-state index in [0.717, 1.165) is 6.07 Å². The van der Waals surface area contributed by atoms with Crippen molar-refractivity contribution in [2.75, 3.05) is 43.6 Å². The summed E-state index contributed by atoms with van der Waals surface area (Å²) < 4.78 is 10.4. The Morgan fingerprint density at radius 2 is 1.81 bits per heavy atom. The first-order chi connectivity index (χ1) is 17.5. The highest BCUT2D eigenvalue weighted by Gasteiger charge is 2.24. The summed E-state index contributed by atoms with van der Waals surface area (Å²) in [5, 5.41) is 42.0. The van der Waals surface area contributed by atoms with Crippen LogP contribution >= 0.6 is 11.6 Å². The van der Waals surface area contributed by atoms with Gasteiger partial charge in [0.05, 0.1) is 52.6 Å². The number of amides is 1. The Bertz CT molecular complexity index is 1240. The Balaban J connectivity index is 2.61. The molecule has 0 aliphatic heterocycles. The number of methoxy groups -OCH3 is 1. The van der Waals surface area contributed by atoms with Crippen LogP contribution in [0.3, 0.4) is 0 Å². The Labute approximate surface area is 214 Å². The number of nitro benzene ring substituents is 2. The maximum Gasteiger partial charge on any atom is 0.305 e. The zero-order valence-corrected chi connectivity index (χ0v) is 20.7. The molecule has 0 saturated carbocycles. The fourth-order valence-corrected chi connectivity index (χ4v) is 3.38. The van der Waals surface area contributed by atoms with Gasteiger partial charge in [0.15, 0.2) is 5.69 Å². The number of anilines is 2. The molecule has 15 nitrogen and oxygen atoms in total. The van der Waals surface area contributed by atoms with E-state index >= 15 is 0 Å². The Morgan fingerprint density at radius 3 is 2.35 bits per heavy atom. The molecule has 0 heterocycles. The second kappa shape index (κ2) is 13.1. The van der Waals surface area contributed by atoms with Gasteiger partial charge in [0.25, 0.3) is 5.69 Å². The zero-order chi connectivity index (χ0) is 27.7. The van der Waals surface area contributed by atoms with Crippen molar-refractivity contribution >= 4 is 57.6 Å². The minimum absolute atomic E-state index is 0.0116. The fourth-order valence-electron chi connectivity index (χ4n) is 3.13. The molecule has 0 bridgehead atoms. The highest BCUT2D eigenvalue weighted by molar-refractivity contribution is 6.33. The van der Waals surface area contributed by atoms with Crippen LogP contribution in [0, 0.1) is 20.2 Å². The number of carbonyl (C=O) groups is 2. The third kappa shape index (κ3) is 7.81. The number of azo groups is 1. The summed E-state index contributed by atoms with van der Waals surface area (Å²) in [6.45, 7) is 2.58. The van der Waals surface area contributed by atoms with Crippen LogP contribution in [-0.4, -0.2) is 60.2 Å². The van der Waals surface area contributed by atoms with Crippen molar-refractivity contribution in [3.05, 3.63) is 49.5 Å². The molecule has 0 unspecified atom stereocenters. The number of aliphatic hydroxyl groups excluding tert-OH is 1. The molecule has 2 aromatic carbocycles. The van der Waals surface area contributed by atoms with Gasteiger partial charge >= 0.3 is 11.7 Å². The molecular weight excluding hydrogens is 516 g/mol. The predicted molar refractivity (Wildman–Crippen MR) is 132 cm³/mol. The van der Waals surface area contributed by atoms with Crippen molar-refractivity contribution in [1.82, 2.24) is 0 Å². The average Bonchev–Trinajstić information content (AvgIpc) is 2.81. The van der Waals surface area contributed by atoms with Gasteiger partial charge in [-0.25, -0.2) is 0 Å². The molecule has 2 rings (SSSR count). The molecule has 0 atom stereocenters. The SMILES string of the molecule is COc1cc(N=Nc2c(Cl)cc([N+](=O)[O-])cc2[N+](=O)[O-])c(NC(C)=O)cc1N(CCO)CCOC(C)=O. The zero-order valence-electron chi connectivity index (χ0n) is 20.0. The molecule has 2 aromatic rings. The topological polar surface area (TPSA) is 199 Å². The summed E-state index contributed by atoms with van der Waals surface area (Å²) >= 11 is 6.02. The number of esters is 1. The van der Waals surface area contributed by atoms with Gasteiger partial charge in [0.1, 0.15) is 18.0 Å². The van der Waals surface area contributed by atoms with Gasteiger partial charge < -0.3 is 24.8 Å². The number of ether oxygens (including phenoxy) is 2. The first-order valence-electron chi connectivity index (χ1n) is 10.5. The molecule has 0 fully saturated rings. The highest BCUT2D eigenvalue weighted by atomic mass is 35.5. The maximum atomic E-state index is 11.8. The lowest BCUT2D eigenvalue weighted by molar-refractivity contribution is -0.393. The number of nitrogens with one attached hydrogen (secondary N) is 1. The summed E-state index contributed by atoms with van der Waals surface area (Å²) in [7, 11) is 1.36. The fraction of sp³-hybridized carbons (Fsp3) is 0.333. The van der Waals surface area contributed by atoms with Crippen molar-refractivity contribution in [1.29, 1.82) is 0 Å². The average molecular weight is 539 g/mol. The van der Waals surface area contributed by atoms with Gasteiger partial charge in [0, 0.05) is 32.5 Å². The van der Waals surface area contributed by atoms with Crippen LogP contribution < -0.4 is 15.0 Å². The van der Waals surface area contributed by atoms with E-state index in [1.165, 1.54) is 33.1 Å². The van der Waals surface area contributed by atoms with Crippen LogP contribution in [0.4, 0.5) is 34.1 Å². The first-order valence-corrected chi connectivity index (χ1v) is 10.9. The Morgan fingerprint density at radius 1 is 1.11 bits per heavy atom. The lowest BCUT2D eigenvalue weighted by Crippen LogP contribution is -2.31. The summed E-state index contributed by atoms with van der Waals surface area (Å²) in [6, 6.07) is 4.46. The third-order valence-electron chi connectivity index (χ3n) is 4.68. The van der Waals surface area contributed by atoms with Gasteiger partial charge in [-0.3, -0.25) is 29.8 Å². The molecule has 0 aliphatic carbocycles. The molecule has 37 heavy (non-hydrogen) atoms. The molecule has 0 radical (unpaired) electrons. The number of halogens is 1. The number of benzene rings is 2. The van der Waals surface area contributed by atoms with Gasteiger partial charge in [-0.2, -0.15) is 0 Å². The van der Waals surface area contributed by atoms with Crippen LogP contribution in [0.5, 0.6) is 5.75 Å². The summed E-state index contributed by atoms with van der Waals surface area (Å²) in [5.74, 6) is -0.728. The van der Waals surface area contributed by atoms with Crippen molar-refractivity contribution < 1.29 is 34.0 Å². The number of non-ortho nitro benzene ring substituents is 1. The predicted octanol–water partition coefficient (Wildman–Crippen LogP) is 3.90. The number of hydrogen-bond donors (Lipinski definition) is 2. The molecule has 0 aromatic heterocycles. The number of nitrogens with zero attached hydrogens (tertiary/aromatic N) is 5. The monoisotopic (exact) mass is 538 g/mol. The summed E-state index contributed by atoms with van der Waals surface area (Å²) in [5.41, 5.74) is -1.22. The van der Waals surface area contributed by atoms with Crippen molar-refractivity contribution in [3.63, 3.8) is 0 Å². The lowest BCUT2D eigenvalue weighted by Gasteiger charge is -2.26. The number of carbonyl (C=O) groups excluding carboxylic acids is 2. The molecule has 0 spiro atoms. The maximum absolute atomic E-state index is 11.8. The number of aliphatic hydroxyl groups is 1. The van der Waals surface area contributed by atoms with E-state index < -0.39 is 38.8 Å². The largest absolute Gasteiger partial charge is 0.494 e. The van der Waals surface area contributed by atoms with E-state index in [2.05, 4.69) is 15.5 Å². The van der Waals surface area contributed by atoms with Crippen LogP contribution in [0.1, 0.15) is 13.8 Å². The standard InChI is InChI=1S/C21H23ClN6O9/c1-12(30)23-16-10-18(26(4-6-29)5-7-37-13(2)31)20(36-3)11-17(16)24-25-21-15(22)8-14(27(32)33)9-19(21)28(34)35/h8-11,29H,4-7H2,1-3H3,(H,23,30). The third-order valence-corrected chi connectivity index (χ3v) is 4.97. The van der Waals surface area contributed by atoms with Crippen LogP contribution in [-0.2, 0) is 14.3 Å². The van der Waals surface area contributed by atoms with E-state index in [1.807, 2.05) is 0 Å². The number of nitro groups is 2. The van der Waals surface area contributed by atoms with E-state index in [1.54, 1.807) is 4.90 Å². The minimum Gasteiger partial charge on any atom is -0.494 e. The molecule has 0 aliphatic rings. The van der Waals surface area contributed by atoms with Gasteiger partial charge in [0.2, 0.25) is 5.91 Å². The lowest BCUT2D eigenvalue weighted by atomic mass is 10.2. The quantitative estimate of drug-likeness (QED) is 0.173. The van der Waals surface area contributed by atoms with Crippen LogP contribution in [0.15, 0.2) is 34.5 Å². The van der Waals surface area contributed by atoms with E-state index in [0.29, 0.717) is 11.8 Å². The smallest absolute Gasteiger partial charge is 0.305 e.